The van der Waals surface area contributed by atoms with Crippen LogP contribution in [-0.4, -0.2) is 23.5 Å². The SMILES string of the molecule is CC1(CC(=O)N2C(=O)OC[C@H]2c2ccccc2)CC1. The molecule has 0 unspecified atom stereocenters. The highest BCUT2D eigenvalue weighted by molar-refractivity contribution is 5.94. The van der Waals surface area contributed by atoms with Gasteiger partial charge in [0.25, 0.3) is 0 Å². The lowest BCUT2D eigenvalue weighted by molar-refractivity contribution is -0.130. The summed E-state index contributed by atoms with van der Waals surface area (Å²) in [6.07, 6.45) is 2.06. The van der Waals surface area contributed by atoms with Crippen LogP contribution in [-0.2, 0) is 9.53 Å². The molecule has 100 valence electrons. The van der Waals surface area contributed by atoms with Crippen molar-refractivity contribution in [1.82, 2.24) is 4.90 Å². The molecule has 0 aromatic heterocycles. The molecule has 1 aromatic rings. The van der Waals surface area contributed by atoms with Crippen LogP contribution in [0.25, 0.3) is 0 Å². The van der Waals surface area contributed by atoms with Gasteiger partial charge < -0.3 is 4.74 Å². The Kier molecular flexibility index (Phi) is 2.81. The zero-order valence-electron chi connectivity index (χ0n) is 11.0. The van der Waals surface area contributed by atoms with E-state index in [1.807, 2.05) is 30.3 Å². The van der Waals surface area contributed by atoms with E-state index in [0.29, 0.717) is 6.42 Å². The Balaban J connectivity index is 1.80. The Morgan fingerprint density at radius 3 is 2.68 bits per heavy atom. The number of carbonyl (C=O) groups excluding carboxylic acids is 2. The highest BCUT2D eigenvalue weighted by Gasteiger charge is 2.45. The number of imide groups is 1. The standard InChI is InChI=1S/C15H17NO3/c1-15(7-8-15)9-13(17)16-12(10-19-14(16)18)11-5-3-2-4-6-11/h2-6,12H,7-10H2,1H3/t12-/m0/s1. The number of carbonyl (C=O) groups is 2. The van der Waals surface area contributed by atoms with E-state index in [1.165, 1.54) is 4.90 Å². The summed E-state index contributed by atoms with van der Waals surface area (Å²) in [5, 5.41) is 0. The van der Waals surface area contributed by atoms with Crippen LogP contribution in [0.15, 0.2) is 30.3 Å². The lowest BCUT2D eigenvalue weighted by Gasteiger charge is -2.21. The van der Waals surface area contributed by atoms with Crippen molar-refractivity contribution in [2.45, 2.75) is 32.2 Å². The predicted octanol–water partition coefficient (Wildman–Crippen LogP) is 2.90. The molecule has 2 aliphatic rings. The topological polar surface area (TPSA) is 46.6 Å². The van der Waals surface area contributed by atoms with E-state index in [9.17, 15) is 9.59 Å². The van der Waals surface area contributed by atoms with Gasteiger partial charge in [-0.05, 0) is 23.8 Å². The fourth-order valence-corrected chi connectivity index (χ4v) is 2.46. The Hall–Kier alpha value is -1.84. The molecule has 4 nitrogen and oxygen atoms in total. The third kappa shape index (κ3) is 2.35. The summed E-state index contributed by atoms with van der Waals surface area (Å²) >= 11 is 0. The van der Waals surface area contributed by atoms with Gasteiger partial charge in [-0.1, -0.05) is 37.3 Å². The van der Waals surface area contributed by atoms with Crippen LogP contribution in [0, 0.1) is 5.41 Å². The molecule has 1 aromatic carbocycles. The second-order valence-electron chi connectivity index (χ2n) is 5.75. The van der Waals surface area contributed by atoms with Crippen LogP contribution in [0.4, 0.5) is 4.79 Å². The number of hydrogen-bond donors (Lipinski definition) is 0. The molecule has 0 spiro atoms. The molecule has 3 rings (SSSR count). The van der Waals surface area contributed by atoms with E-state index in [4.69, 9.17) is 4.74 Å². The monoisotopic (exact) mass is 259 g/mol. The second-order valence-corrected chi connectivity index (χ2v) is 5.75. The van der Waals surface area contributed by atoms with Crippen molar-refractivity contribution in [3.63, 3.8) is 0 Å². The summed E-state index contributed by atoms with van der Waals surface area (Å²) < 4.78 is 5.05. The van der Waals surface area contributed by atoms with Crippen molar-refractivity contribution < 1.29 is 14.3 Å². The van der Waals surface area contributed by atoms with Crippen molar-refractivity contribution >= 4 is 12.0 Å². The minimum absolute atomic E-state index is 0.0984. The molecular weight excluding hydrogens is 242 g/mol. The second kappa shape index (κ2) is 4.37. The van der Waals surface area contributed by atoms with E-state index in [1.54, 1.807) is 0 Å². The summed E-state index contributed by atoms with van der Waals surface area (Å²) in [4.78, 5) is 25.4. The quantitative estimate of drug-likeness (QED) is 0.838. The summed E-state index contributed by atoms with van der Waals surface area (Å²) in [7, 11) is 0. The summed E-state index contributed by atoms with van der Waals surface area (Å²) in [6, 6.07) is 9.30. The molecule has 4 heteroatoms. The van der Waals surface area contributed by atoms with Gasteiger partial charge in [-0.3, -0.25) is 4.79 Å². The molecule has 2 amide bonds. The Morgan fingerprint density at radius 1 is 1.37 bits per heavy atom. The number of benzene rings is 1. The van der Waals surface area contributed by atoms with Crippen LogP contribution in [0.5, 0.6) is 0 Å². The summed E-state index contributed by atoms with van der Waals surface area (Å²) in [6.45, 7) is 2.34. The molecule has 1 aliphatic carbocycles. The largest absolute Gasteiger partial charge is 0.446 e. The maximum Gasteiger partial charge on any atom is 0.417 e. The summed E-state index contributed by atoms with van der Waals surface area (Å²) in [5.74, 6) is -0.114. The third-order valence-electron chi connectivity index (χ3n) is 4.01. The molecule has 1 aliphatic heterocycles. The first-order valence-electron chi connectivity index (χ1n) is 6.63. The van der Waals surface area contributed by atoms with Crippen LogP contribution in [0.3, 0.4) is 0 Å². The van der Waals surface area contributed by atoms with Gasteiger partial charge in [0.05, 0.1) is 0 Å². The molecule has 19 heavy (non-hydrogen) atoms. The minimum Gasteiger partial charge on any atom is -0.446 e. The van der Waals surface area contributed by atoms with Gasteiger partial charge in [0.2, 0.25) is 5.91 Å². The molecule has 1 saturated carbocycles. The fraction of sp³-hybridized carbons (Fsp3) is 0.467. The Morgan fingerprint density at radius 2 is 2.05 bits per heavy atom. The maximum absolute atomic E-state index is 12.3. The van der Waals surface area contributed by atoms with Crippen molar-refractivity contribution in [2.75, 3.05) is 6.61 Å². The molecule has 0 radical (unpaired) electrons. The van der Waals surface area contributed by atoms with Crippen LogP contribution >= 0.6 is 0 Å². The Labute approximate surface area is 112 Å². The van der Waals surface area contributed by atoms with E-state index < -0.39 is 6.09 Å². The average molecular weight is 259 g/mol. The average Bonchev–Trinajstić information content (AvgIpc) is 2.99. The van der Waals surface area contributed by atoms with Gasteiger partial charge >= 0.3 is 6.09 Å². The van der Waals surface area contributed by atoms with E-state index in [0.717, 1.165) is 18.4 Å². The zero-order chi connectivity index (χ0) is 13.5. The van der Waals surface area contributed by atoms with Gasteiger partial charge in [0.15, 0.2) is 0 Å². The molecule has 1 heterocycles. The first kappa shape index (κ1) is 12.2. The van der Waals surface area contributed by atoms with Gasteiger partial charge in [-0.25, -0.2) is 9.69 Å². The van der Waals surface area contributed by atoms with Crippen LogP contribution in [0.1, 0.15) is 37.8 Å². The molecule has 0 bridgehead atoms. The fourth-order valence-electron chi connectivity index (χ4n) is 2.46. The highest BCUT2D eigenvalue weighted by Crippen LogP contribution is 2.49. The number of hydrogen-bond acceptors (Lipinski definition) is 3. The molecule has 1 atom stereocenters. The van der Waals surface area contributed by atoms with Crippen molar-refractivity contribution in [2.24, 2.45) is 5.41 Å². The van der Waals surface area contributed by atoms with Crippen molar-refractivity contribution in [3.05, 3.63) is 35.9 Å². The number of nitrogens with zero attached hydrogens (tertiary/aromatic N) is 1. The number of cyclic esters (lactones) is 1. The summed E-state index contributed by atoms with van der Waals surface area (Å²) in [5.41, 5.74) is 1.05. The third-order valence-corrected chi connectivity index (χ3v) is 4.01. The maximum atomic E-state index is 12.3. The molecule has 2 fully saturated rings. The van der Waals surface area contributed by atoms with Gasteiger partial charge in [0.1, 0.15) is 12.6 Å². The molecule has 0 N–H and O–H groups in total. The number of amides is 2. The molecule has 1 saturated heterocycles. The Bertz CT molecular complexity index is 507. The minimum atomic E-state index is -0.511. The van der Waals surface area contributed by atoms with Gasteiger partial charge in [-0.2, -0.15) is 0 Å². The highest BCUT2D eigenvalue weighted by atomic mass is 16.6. The number of rotatable bonds is 3. The zero-order valence-corrected chi connectivity index (χ0v) is 11.0. The first-order valence-corrected chi connectivity index (χ1v) is 6.63. The number of ether oxygens (including phenoxy) is 1. The lowest BCUT2D eigenvalue weighted by atomic mass is 10.0. The van der Waals surface area contributed by atoms with Crippen LogP contribution in [0.2, 0.25) is 0 Å². The van der Waals surface area contributed by atoms with E-state index >= 15 is 0 Å². The smallest absolute Gasteiger partial charge is 0.417 e. The van der Waals surface area contributed by atoms with E-state index in [2.05, 4.69) is 6.92 Å². The van der Waals surface area contributed by atoms with Crippen molar-refractivity contribution in [1.29, 1.82) is 0 Å². The van der Waals surface area contributed by atoms with E-state index in [-0.39, 0.29) is 24.0 Å². The van der Waals surface area contributed by atoms with Crippen molar-refractivity contribution in [3.8, 4) is 0 Å². The first-order chi connectivity index (χ1) is 9.09. The predicted molar refractivity (Wildman–Crippen MR) is 69.3 cm³/mol. The normalized spacial score (nSPS) is 24.2. The lowest BCUT2D eigenvalue weighted by Crippen LogP contribution is -2.35. The van der Waals surface area contributed by atoms with Gasteiger partial charge in [0, 0.05) is 6.42 Å². The van der Waals surface area contributed by atoms with Gasteiger partial charge in [-0.15, -0.1) is 0 Å². The van der Waals surface area contributed by atoms with Crippen LogP contribution < -0.4 is 0 Å². The molecular formula is C15H17NO3.